The summed E-state index contributed by atoms with van der Waals surface area (Å²) in [4.78, 5) is -0.0443. The quantitative estimate of drug-likeness (QED) is 0.179. The average molecular weight is 589 g/mol. The van der Waals surface area contributed by atoms with Crippen LogP contribution in [0.25, 0.3) is 0 Å². The molecule has 0 fully saturated rings. The van der Waals surface area contributed by atoms with Crippen molar-refractivity contribution < 1.29 is 48.4 Å². The zero-order chi connectivity index (χ0) is 29.1. The van der Waals surface area contributed by atoms with Crippen molar-refractivity contribution in [3.8, 4) is 0 Å². The van der Waals surface area contributed by atoms with E-state index < -0.39 is 46.0 Å². The molecule has 1 heterocycles. The van der Waals surface area contributed by atoms with Crippen LogP contribution in [0.3, 0.4) is 0 Å². The molecular formula is C28H26F6O5S. The second-order valence-electron chi connectivity index (χ2n) is 9.36. The highest BCUT2D eigenvalue weighted by Crippen LogP contribution is 2.40. The normalized spacial score (nSPS) is 20.9. The Morgan fingerprint density at radius 2 is 1.65 bits per heavy atom. The summed E-state index contributed by atoms with van der Waals surface area (Å²) in [6.45, 7) is 0.939. The minimum absolute atomic E-state index is 0.0443. The number of halogens is 6. The SMILES string of the molecule is C[C@@H](OC1OC=CC(COS(=O)(=O)c2ccccc2)=C1C1C=CCCC1)c1cc(C(F)(F)F)cc(C(F)(F)F)c1. The van der Waals surface area contributed by atoms with Crippen LogP contribution in [0.1, 0.15) is 49.0 Å². The molecule has 0 saturated carbocycles. The van der Waals surface area contributed by atoms with Crippen molar-refractivity contribution in [2.24, 2.45) is 5.92 Å². The van der Waals surface area contributed by atoms with E-state index in [9.17, 15) is 34.8 Å². The van der Waals surface area contributed by atoms with Crippen LogP contribution in [0.2, 0.25) is 0 Å². The first-order valence-corrected chi connectivity index (χ1v) is 13.8. The van der Waals surface area contributed by atoms with E-state index in [0.717, 1.165) is 12.8 Å². The van der Waals surface area contributed by atoms with Gasteiger partial charge in [-0.25, -0.2) is 0 Å². The minimum Gasteiger partial charge on any atom is -0.468 e. The van der Waals surface area contributed by atoms with Crippen molar-refractivity contribution in [1.29, 1.82) is 0 Å². The lowest BCUT2D eigenvalue weighted by Gasteiger charge is -2.33. The fourth-order valence-electron chi connectivity index (χ4n) is 4.51. The first-order chi connectivity index (χ1) is 18.8. The van der Waals surface area contributed by atoms with Crippen molar-refractivity contribution in [2.45, 2.75) is 55.8 Å². The maximum atomic E-state index is 13.4. The molecule has 2 aromatic carbocycles. The fraction of sp³-hybridized carbons (Fsp3) is 0.357. The van der Waals surface area contributed by atoms with Crippen LogP contribution in [-0.2, 0) is 36.1 Å². The topological polar surface area (TPSA) is 61.8 Å². The van der Waals surface area contributed by atoms with E-state index in [0.29, 0.717) is 29.7 Å². The molecule has 2 aromatic rings. The highest BCUT2D eigenvalue weighted by Gasteiger charge is 2.38. The molecule has 12 heteroatoms. The molecule has 0 radical (unpaired) electrons. The van der Waals surface area contributed by atoms with Gasteiger partial charge >= 0.3 is 12.4 Å². The van der Waals surface area contributed by atoms with E-state index in [4.69, 9.17) is 13.7 Å². The van der Waals surface area contributed by atoms with Crippen molar-refractivity contribution >= 4 is 10.1 Å². The Balaban J connectivity index is 1.65. The number of allylic oxidation sites excluding steroid dienone is 2. The molecule has 216 valence electrons. The van der Waals surface area contributed by atoms with E-state index in [1.807, 2.05) is 12.2 Å². The summed E-state index contributed by atoms with van der Waals surface area (Å²) >= 11 is 0. The fourth-order valence-corrected chi connectivity index (χ4v) is 5.42. The molecule has 0 N–H and O–H groups in total. The predicted octanol–water partition coefficient (Wildman–Crippen LogP) is 7.73. The first kappa shape index (κ1) is 29.9. The van der Waals surface area contributed by atoms with Gasteiger partial charge in [-0.1, -0.05) is 30.4 Å². The molecule has 0 aromatic heterocycles. The molecule has 3 atom stereocenters. The van der Waals surface area contributed by atoms with E-state index in [2.05, 4.69) is 0 Å². The van der Waals surface area contributed by atoms with Crippen LogP contribution in [0, 0.1) is 5.92 Å². The number of alkyl halides is 6. The molecular weight excluding hydrogens is 562 g/mol. The molecule has 0 bridgehead atoms. The van der Waals surface area contributed by atoms with Crippen molar-refractivity contribution in [3.05, 3.63) is 101 Å². The van der Waals surface area contributed by atoms with Crippen LogP contribution in [-0.4, -0.2) is 21.3 Å². The van der Waals surface area contributed by atoms with E-state index in [-0.39, 0.29) is 29.1 Å². The minimum atomic E-state index is -5.01. The predicted molar refractivity (Wildman–Crippen MR) is 133 cm³/mol. The van der Waals surface area contributed by atoms with Crippen molar-refractivity contribution in [3.63, 3.8) is 0 Å². The summed E-state index contributed by atoms with van der Waals surface area (Å²) in [7, 11) is -4.12. The Morgan fingerprint density at radius 3 is 2.23 bits per heavy atom. The molecule has 4 rings (SSSR count). The van der Waals surface area contributed by atoms with Gasteiger partial charge in [0.2, 0.25) is 6.29 Å². The van der Waals surface area contributed by atoms with Gasteiger partial charge in [0.15, 0.2) is 0 Å². The third-order valence-corrected chi connectivity index (χ3v) is 7.84. The van der Waals surface area contributed by atoms with Crippen LogP contribution in [0.5, 0.6) is 0 Å². The third kappa shape index (κ3) is 7.15. The Labute approximate surface area is 227 Å². The summed E-state index contributed by atoms with van der Waals surface area (Å²) < 4.78 is 123. The van der Waals surface area contributed by atoms with Gasteiger partial charge in [0.1, 0.15) is 0 Å². The molecule has 1 aliphatic carbocycles. The molecule has 0 saturated heterocycles. The van der Waals surface area contributed by atoms with Gasteiger partial charge in [-0.15, -0.1) is 0 Å². The zero-order valence-electron chi connectivity index (χ0n) is 21.2. The molecule has 2 unspecified atom stereocenters. The van der Waals surface area contributed by atoms with Gasteiger partial charge in [-0.3, -0.25) is 4.18 Å². The van der Waals surface area contributed by atoms with Crippen LogP contribution in [0.4, 0.5) is 26.3 Å². The van der Waals surface area contributed by atoms with Gasteiger partial charge in [-0.05, 0) is 73.7 Å². The summed E-state index contributed by atoms with van der Waals surface area (Å²) in [6.07, 6.45) is -3.65. The lowest BCUT2D eigenvalue weighted by Crippen LogP contribution is -2.29. The summed E-state index contributed by atoms with van der Waals surface area (Å²) in [5.41, 5.74) is -2.36. The number of ether oxygens (including phenoxy) is 2. The Kier molecular flexibility index (Phi) is 8.81. The highest BCUT2D eigenvalue weighted by molar-refractivity contribution is 7.86. The van der Waals surface area contributed by atoms with Gasteiger partial charge in [0, 0.05) is 11.5 Å². The lowest BCUT2D eigenvalue weighted by molar-refractivity contribution is -0.143. The van der Waals surface area contributed by atoms with Gasteiger partial charge in [0.25, 0.3) is 10.1 Å². The average Bonchev–Trinajstić information content (AvgIpc) is 2.92. The molecule has 2 aliphatic rings. The largest absolute Gasteiger partial charge is 0.468 e. The van der Waals surface area contributed by atoms with Gasteiger partial charge in [0.05, 0.1) is 35.0 Å². The van der Waals surface area contributed by atoms with E-state index in [1.54, 1.807) is 18.2 Å². The second-order valence-corrected chi connectivity index (χ2v) is 11.0. The smallest absolute Gasteiger partial charge is 0.416 e. The van der Waals surface area contributed by atoms with Crippen LogP contribution in [0.15, 0.2) is 89.1 Å². The number of rotatable bonds is 8. The molecule has 40 heavy (non-hydrogen) atoms. The second kappa shape index (κ2) is 11.8. The Hall–Kier alpha value is -3.09. The maximum absolute atomic E-state index is 13.4. The summed E-state index contributed by atoms with van der Waals surface area (Å²) in [5, 5.41) is 0. The number of hydrogen-bond acceptors (Lipinski definition) is 5. The monoisotopic (exact) mass is 588 g/mol. The molecule has 5 nitrogen and oxygen atoms in total. The standard InChI is InChI=1S/C28H26F6O5S/c1-18(21-14-22(27(29,30)31)16-23(15-21)28(32,33)34)39-26-25(19-8-4-2-5-9-19)20(12-13-37-26)17-38-40(35,36)24-10-6-3-7-11-24/h3-4,6-8,10-16,18-19,26H,2,5,9,17H2,1H3/t18-,19?,26?/m1/s1. The molecule has 0 spiro atoms. The summed E-state index contributed by atoms with van der Waals surface area (Å²) in [5.74, 6) is -0.277. The Morgan fingerprint density at radius 1 is 1.00 bits per heavy atom. The van der Waals surface area contributed by atoms with Crippen LogP contribution < -0.4 is 0 Å². The number of benzene rings is 2. The van der Waals surface area contributed by atoms with Crippen molar-refractivity contribution in [2.75, 3.05) is 6.61 Å². The molecule has 1 aliphatic heterocycles. The van der Waals surface area contributed by atoms with Crippen molar-refractivity contribution in [1.82, 2.24) is 0 Å². The van der Waals surface area contributed by atoms with Gasteiger partial charge in [-0.2, -0.15) is 34.8 Å². The summed E-state index contributed by atoms with van der Waals surface area (Å²) in [6, 6.07) is 8.78. The third-order valence-electron chi connectivity index (χ3n) is 6.56. The van der Waals surface area contributed by atoms with E-state index >= 15 is 0 Å². The Bertz CT molecular complexity index is 1360. The first-order valence-electron chi connectivity index (χ1n) is 12.4. The maximum Gasteiger partial charge on any atom is 0.416 e. The number of hydrogen-bond donors (Lipinski definition) is 0. The van der Waals surface area contributed by atoms with Gasteiger partial charge < -0.3 is 9.47 Å². The zero-order valence-corrected chi connectivity index (χ0v) is 22.0. The van der Waals surface area contributed by atoms with E-state index in [1.165, 1.54) is 31.4 Å². The lowest BCUT2D eigenvalue weighted by atomic mass is 9.85. The molecule has 0 amide bonds. The highest BCUT2D eigenvalue weighted by atomic mass is 32.2. The van der Waals surface area contributed by atoms with Crippen LogP contribution >= 0.6 is 0 Å².